The Kier molecular flexibility index (Phi) is 5.43. The van der Waals surface area contributed by atoms with Gasteiger partial charge in [-0.25, -0.2) is 0 Å². The number of rotatable bonds is 6. The van der Waals surface area contributed by atoms with E-state index in [2.05, 4.69) is 22.1 Å². The van der Waals surface area contributed by atoms with Gasteiger partial charge in [0.1, 0.15) is 5.75 Å². The molecule has 1 aliphatic rings. The Bertz CT molecular complexity index is 675. The fraction of sp³-hybridized carbons (Fsp3) is 0.368. The molecule has 1 aromatic carbocycles. The average Bonchev–Trinajstić information content (AvgIpc) is 3.06. The zero-order valence-electron chi connectivity index (χ0n) is 13.9. The van der Waals surface area contributed by atoms with Crippen LogP contribution in [0.3, 0.4) is 0 Å². The SMILES string of the molecule is CCCN1CCC[C@@H]1C(=O)Nc1ccccc1Oc1cccnc1. The van der Waals surface area contributed by atoms with Gasteiger partial charge in [-0.2, -0.15) is 0 Å². The van der Waals surface area contributed by atoms with Gasteiger partial charge >= 0.3 is 0 Å². The Balaban J connectivity index is 1.72. The van der Waals surface area contributed by atoms with Gasteiger partial charge in [0.15, 0.2) is 5.75 Å². The van der Waals surface area contributed by atoms with Crippen molar-refractivity contribution in [1.82, 2.24) is 9.88 Å². The van der Waals surface area contributed by atoms with Crippen molar-refractivity contribution in [2.24, 2.45) is 0 Å². The van der Waals surface area contributed by atoms with Crippen molar-refractivity contribution in [3.05, 3.63) is 48.8 Å². The molecule has 0 aliphatic carbocycles. The van der Waals surface area contributed by atoms with Crippen LogP contribution < -0.4 is 10.1 Å². The summed E-state index contributed by atoms with van der Waals surface area (Å²) in [6.07, 6.45) is 6.40. The van der Waals surface area contributed by atoms with Crippen molar-refractivity contribution >= 4 is 11.6 Å². The fourth-order valence-electron chi connectivity index (χ4n) is 3.09. The zero-order valence-corrected chi connectivity index (χ0v) is 13.9. The number of nitrogens with one attached hydrogen (secondary N) is 1. The Hall–Kier alpha value is -2.40. The van der Waals surface area contributed by atoms with Gasteiger partial charge in [0.2, 0.25) is 5.91 Å². The lowest BCUT2D eigenvalue weighted by atomic mass is 10.2. The van der Waals surface area contributed by atoms with Crippen molar-refractivity contribution in [3.8, 4) is 11.5 Å². The highest BCUT2D eigenvalue weighted by Crippen LogP contribution is 2.29. The first-order chi connectivity index (χ1) is 11.8. The van der Waals surface area contributed by atoms with Crippen LogP contribution in [0.2, 0.25) is 0 Å². The average molecular weight is 325 g/mol. The number of carbonyl (C=O) groups is 1. The number of para-hydroxylation sites is 2. The second-order valence-electron chi connectivity index (χ2n) is 5.97. The van der Waals surface area contributed by atoms with Gasteiger partial charge in [-0.05, 0) is 56.6 Å². The molecule has 2 aromatic rings. The molecule has 5 heteroatoms. The lowest BCUT2D eigenvalue weighted by Gasteiger charge is -2.23. The summed E-state index contributed by atoms with van der Waals surface area (Å²) in [6, 6.07) is 11.1. The Morgan fingerprint density at radius 3 is 3.00 bits per heavy atom. The number of benzene rings is 1. The van der Waals surface area contributed by atoms with E-state index in [9.17, 15) is 4.79 Å². The van der Waals surface area contributed by atoms with Crippen LogP contribution >= 0.6 is 0 Å². The number of likely N-dealkylation sites (tertiary alicyclic amines) is 1. The second kappa shape index (κ2) is 7.93. The highest BCUT2D eigenvalue weighted by atomic mass is 16.5. The van der Waals surface area contributed by atoms with Gasteiger partial charge in [0, 0.05) is 6.20 Å². The summed E-state index contributed by atoms with van der Waals surface area (Å²) in [5.74, 6) is 1.31. The first-order valence-corrected chi connectivity index (χ1v) is 8.49. The fourth-order valence-corrected chi connectivity index (χ4v) is 3.09. The van der Waals surface area contributed by atoms with E-state index in [1.807, 2.05) is 36.4 Å². The molecule has 1 aliphatic heterocycles. The molecule has 24 heavy (non-hydrogen) atoms. The third-order valence-corrected chi connectivity index (χ3v) is 4.18. The Labute approximate surface area is 142 Å². The molecular formula is C19H23N3O2. The summed E-state index contributed by atoms with van der Waals surface area (Å²) in [7, 11) is 0. The van der Waals surface area contributed by atoms with Crippen LogP contribution in [0.25, 0.3) is 0 Å². The van der Waals surface area contributed by atoms with Crippen LogP contribution in [0.4, 0.5) is 5.69 Å². The number of nitrogens with zero attached hydrogens (tertiary/aromatic N) is 2. The number of amides is 1. The van der Waals surface area contributed by atoms with Gasteiger partial charge in [-0.1, -0.05) is 19.1 Å². The van der Waals surface area contributed by atoms with Crippen molar-refractivity contribution in [1.29, 1.82) is 0 Å². The van der Waals surface area contributed by atoms with Crippen molar-refractivity contribution < 1.29 is 9.53 Å². The molecule has 2 heterocycles. The van der Waals surface area contributed by atoms with E-state index in [0.29, 0.717) is 17.2 Å². The molecule has 3 rings (SSSR count). The van der Waals surface area contributed by atoms with Crippen LogP contribution in [0.1, 0.15) is 26.2 Å². The normalized spacial score (nSPS) is 17.6. The standard InChI is InChI=1S/C19H23N3O2/c1-2-12-22-13-6-9-17(22)19(23)21-16-8-3-4-10-18(16)24-15-7-5-11-20-14-15/h3-5,7-8,10-11,14,17H,2,6,9,12-13H2,1H3,(H,21,23)/t17-/m1/s1. The minimum atomic E-state index is -0.0450. The quantitative estimate of drug-likeness (QED) is 0.880. The molecule has 126 valence electrons. The first-order valence-electron chi connectivity index (χ1n) is 8.49. The van der Waals surface area contributed by atoms with Crippen LogP contribution in [-0.4, -0.2) is 34.9 Å². The maximum Gasteiger partial charge on any atom is 0.241 e. The van der Waals surface area contributed by atoms with Crippen LogP contribution in [0, 0.1) is 0 Å². The molecule has 1 amide bonds. The lowest BCUT2D eigenvalue weighted by molar-refractivity contribution is -0.120. The molecule has 0 spiro atoms. The maximum absolute atomic E-state index is 12.7. The number of ether oxygens (including phenoxy) is 1. The van der Waals surface area contributed by atoms with Crippen molar-refractivity contribution in [3.63, 3.8) is 0 Å². The number of anilines is 1. The summed E-state index contributed by atoms with van der Waals surface area (Å²) < 4.78 is 5.86. The van der Waals surface area contributed by atoms with E-state index >= 15 is 0 Å². The van der Waals surface area contributed by atoms with E-state index in [4.69, 9.17) is 4.74 Å². The third kappa shape index (κ3) is 3.92. The van der Waals surface area contributed by atoms with Crippen LogP contribution in [0.15, 0.2) is 48.8 Å². The lowest BCUT2D eigenvalue weighted by Crippen LogP contribution is -2.40. The second-order valence-corrected chi connectivity index (χ2v) is 5.97. The topological polar surface area (TPSA) is 54.5 Å². The summed E-state index contributed by atoms with van der Waals surface area (Å²) >= 11 is 0. The molecule has 1 saturated heterocycles. The van der Waals surface area contributed by atoms with E-state index in [1.165, 1.54) is 0 Å². The van der Waals surface area contributed by atoms with E-state index in [0.717, 1.165) is 32.4 Å². The van der Waals surface area contributed by atoms with Gasteiger partial charge in [0.25, 0.3) is 0 Å². The number of carbonyl (C=O) groups excluding carboxylic acids is 1. The number of pyridine rings is 1. The van der Waals surface area contributed by atoms with E-state index in [-0.39, 0.29) is 11.9 Å². The van der Waals surface area contributed by atoms with E-state index < -0.39 is 0 Å². The highest BCUT2D eigenvalue weighted by Gasteiger charge is 2.30. The maximum atomic E-state index is 12.7. The molecule has 0 unspecified atom stereocenters. The molecule has 1 fully saturated rings. The highest BCUT2D eigenvalue weighted by molar-refractivity contribution is 5.96. The zero-order chi connectivity index (χ0) is 16.8. The third-order valence-electron chi connectivity index (χ3n) is 4.18. The molecule has 1 N–H and O–H groups in total. The summed E-state index contributed by atoms with van der Waals surface area (Å²) in [4.78, 5) is 19.0. The number of aromatic nitrogens is 1. The largest absolute Gasteiger partial charge is 0.454 e. The van der Waals surface area contributed by atoms with Crippen LogP contribution in [0.5, 0.6) is 11.5 Å². The molecule has 1 atom stereocenters. The predicted octanol–water partition coefficient (Wildman–Crippen LogP) is 3.69. The monoisotopic (exact) mass is 325 g/mol. The molecule has 5 nitrogen and oxygen atoms in total. The van der Waals surface area contributed by atoms with Gasteiger partial charge in [0.05, 0.1) is 17.9 Å². The summed E-state index contributed by atoms with van der Waals surface area (Å²) in [5, 5.41) is 3.04. The van der Waals surface area contributed by atoms with E-state index in [1.54, 1.807) is 12.4 Å². The molecule has 0 bridgehead atoms. The smallest absolute Gasteiger partial charge is 0.241 e. The summed E-state index contributed by atoms with van der Waals surface area (Å²) in [5.41, 5.74) is 0.690. The van der Waals surface area contributed by atoms with Crippen LogP contribution in [-0.2, 0) is 4.79 Å². The minimum absolute atomic E-state index is 0.0446. The van der Waals surface area contributed by atoms with Gasteiger partial charge in [-0.3, -0.25) is 14.7 Å². The first kappa shape index (κ1) is 16.5. The Morgan fingerprint density at radius 2 is 2.21 bits per heavy atom. The number of hydrogen-bond donors (Lipinski definition) is 1. The predicted molar refractivity (Wildman–Crippen MR) is 94.3 cm³/mol. The molecular weight excluding hydrogens is 302 g/mol. The van der Waals surface area contributed by atoms with Gasteiger partial charge < -0.3 is 10.1 Å². The minimum Gasteiger partial charge on any atom is -0.454 e. The molecule has 0 saturated carbocycles. The molecule has 0 radical (unpaired) electrons. The van der Waals surface area contributed by atoms with Crippen molar-refractivity contribution in [2.45, 2.75) is 32.2 Å². The van der Waals surface area contributed by atoms with Gasteiger partial charge in [-0.15, -0.1) is 0 Å². The summed E-state index contributed by atoms with van der Waals surface area (Å²) in [6.45, 7) is 4.11. The Morgan fingerprint density at radius 1 is 1.33 bits per heavy atom. The number of hydrogen-bond acceptors (Lipinski definition) is 4. The molecule has 1 aromatic heterocycles. The van der Waals surface area contributed by atoms with Crippen molar-refractivity contribution in [2.75, 3.05) is 18.4 Å².